The Morgan fingerprint density at radius 2 is 1.14 bits per heavy atom. The van der Waals surface area contributed by atoms with E-state index in [9.17, 15) is 19.2 Å². The summed E-state index contributed by atoms with van der Waals surface area (Å²) in [6, 6.07) is 27.7. The minimum Gasteiger partial charge on any atom is -0.870 e. The van der Waals surface area contributed by atoms with Crippen molar-refractivity contribution in [2.45, 2.75) is 25.7 Å². The second kappa shape index (κ2) is 16.7. The van der Waals surface area contributed by atoms with Crippen LogP contribution in [0, 0.1) is 22.7 Å². The van der Waals surface area contributed by atoms with E-state index in [1.807, 2.05) is 12.1 Å². The Morgan fingerprint density at radius 1 is 0.694 bits per heavy atom. The van der Waals surface area contributed by atoms with E-state index < -0.39 is 11.9 Å². The van der Waals surface area contributed by atoms with Crippen LogP contribution in [0.1, 0.15) is 66.9 Å². The van der Waals surface area contributed by atoms with Gasteiger partial charge in [0.2, 0.25) is 0 Å². The molecule has 0 atom stereocenters. The second-order valence-electron chi connectivity index (χ2n) is 10.8. The molecule has 0 fully saturated rings. The molecule has 0 aromatic heterocycles. The number of carbonyl (C=O) groups is 4. The SMILES string of the molecule is COC(=O)c1ccc2c(c1)CC(=O)CC(c1cccc(C#N)c1)=N2.N#Cc1cccc(C2=Nc3ccc(C(=O)O)cc3CC(=O)C2)c1.[Li+].[OH-]. The minimum absolute atomic E-state index is 0. The van der Waals surface area contributed by atoms with Crippen LogP contribution in [-0.4, -0.2) is 52.6 Å². The number of nitriles is 2. The summed E-state index contributed by atoms with van der Waals surface area (Å²) in [5, 5.41) is 27.1. The van der Waals surface area contributed by atoms with Gasteiger partial charge in [-0.1, -0.05) is 24.3 Å². The number of nitrogens with zero attached hydrogens (tertiary/aromatic N) is 4. The van der Waals surface area contributed by atoms with Gasteiger partial charge in [-0.3, -0.25) is 19.6 Å². The molecule has 4 aromatic carbocycles. The molecule has 2 aliphatic rings. The van der Waals surface area contributed by atoms with Gasteiger partial charge in [-0.15, -0.1) is 0 Å². The third-order valence-corrected chi connectivity index (χ3v) is 7.49. The summed E-state index contributed by atoms with van der Waals surface area (Å²) in [7, 11) is 1.32. The number of rotatable bonds is 4. The predicted molar refractivity (Wildman–Crippen MR) is 174 cm³/mol. The summed E-state index contributed by atoms with van der Waals surface area (Å²) in [5.41, 5.74) is 6.84. The first-order valence-corrected chi connectivity index (χ1v) is 14.4. The maximum atomic E-state index is 12.3. The molecular weight excluding hydrogens is 619 g/mol. The van der Waals surface area contributed by atoms with Crippen LogP contribution in [0.3, 0.4) is 0 Å². The van der Waals surface area contributed by atoms with E-state index in [-0.39, 0.29) is 67.2 Å². The molecule has 2 N–H and O–H groups in total. The molecule has 0 unspecified atom stereocenters. The Kier molecular flexibility index (Phi) is 12.8. The molecule has 4 aromatic rings. The van der Waals surface area contributed by atoms with Crippen molar-refractivity contribution >= 4 is 46.3 Å². The summed E-state index contributed by atoms with van der Waals surface area (Å²) in [5.74, 6) is -1.50. The molecule has 0 amide bonds. The van der Waals surface area contributed by atoms with Crippen molar-refractivity contribution in [2.75, 3.05) is 7.11 Å². The quantitative estimate of drug-likeness (QED) is 0.256. The van der Waals surface area contributed by atoms with Crippen molar-refractivity contribution in [2.24, 2.45) is 9.98 Å². The smallest absolute Gasteiger partial charge is 0.870 e. The number of carboxylic acid groups (broad SMARTS) is 1. The molecule has 238 valence electrons. The Hall–Kier alpha value is -5.96. The van der Waals surface area contributed by atoms with Crippen LogP contribution in [0.2, 0.25) is 0 Å². The number of carboxylic acids is 1. The number of aliphatic imine (C=N–C) groups is 2. The molecule has 0 spiro atoms. The second-order valence-corrected chi connectivity index (χ2v) is 10.8. The maximum Gasteiger partial charge on any atom is 1.00 e. The van der Waals surface area contributed by atoms with Crippen LogP contribution >= 0.6 is 0 Å². The Bertz CT molecular complexity index is 2110. The van der Waals surface area contributed by atoms with Gasteiger partial charge in [0.05, 0.1) is 64.3 Å². The van der Waals surface area contributed by atoms with E-state index in [1.165, 1.54) is 19.2 Å². The van der Waals surface area contributed by atoms with Gasteiger partial charge < -0.3 is 15.3 Å². The fraction of sp³-hybridized carbons (Fsp3) is 0.135. The summed E-state index contributed by atoms with van der Waals surface area (Å²) in [6.45, 7) is 0. The summed E-state index contributed by atoms with van der Waals surface area (Å²) >= 11 is 0. The number of aromatic carboxylic acids is 1. The van der Waals surface area contributed by atoms with Crippen LogP contribution in [0.5, 0.6) is 0 Å². The fourth-order valence-electron chi connectivity index (χ4n) is 5.21. The first-order valence-electron chi connectivity index (χ1n) is 14.4. The zero-order chi connectivity index (χ0) is 33.5. The first-order chi connectivity index (χ1) is 22.7. The molecule has 0 bridgehead atoms. The number of esters is 1. The van der Waals surface area contributed by atoms with Gasteiger partial charge in [-0.25, -0.2) is 9.59 Å². The van der Waals surface area contributed by atoms with E-state index in [1.54, 1.807) is 60.7 Å². The van der Waals surface area contributed by atoms with Crippen molar-refractivity contribution in [1.82, 2.24) is 0 Å². The molecule has 0 saturated heterocycles. The average molecular weight is 647 g/mol. The van der Waals surface area contributed by atoms with E-state index in [4.69, 9.17) is 20.4 Å². The van der Waals surface area contributed by atoms with Gasteiger partial charge in [0.1, 0.15) is 11.6 Å². The molecule has 2 heterocycles. The number of carbonyl (C=O) groups excluding carboxylic acids is 3. The minimum atomic E-state index is -1.03. The normalized spacial score (nSPS) is 12.9. The molecule has 11 nitrogen and oxygen atoms in total. The van der Waals surface area contributed by atoms with Crippen LogP contribution in [0.4, 0.5) is 11.4 Å². The van der Waals surface area contributed by atoms with Gasteiger partial charge in [0.25, 0.3) is 0 Å². The number of hydrogen-bond donors (Lipinski definition) is 1. The first kappa shape index (κ1) is 37.5. The van der Waals surface area contributed by atoms with Crippen molar-refractivity contribution in [3.8, 4) is 12.1 Å². The Balaban J connectivity index is 0.000000255. The van der Waals surface area contributed by atoms with Gasteiger partial charge in [0, 0.05) is 25.7 Å². The van der Waals surface area contributed by atoms with Crippen molar-refractivity contribution in [1.29, 1.82) is 10.5 Å². The van der Waals surface area contributed by atoms with Gasteiger partial charge in [-0.2, -0.15) is 10.5 Å². The number of ketones is 2. The van der Waals surface area contributed by atoms with Gasteiger partial charge in [0.15, 0.2) is 0 Å². The molecular formula is C37H27LiN4O7. The van der Waals surface area contributed by atoms with Crippen LogP contribution in [-0.2, 0) is 27.2 Å². The van der Waals surface area contributed by atoms with Crippen LogP contribution < -0.4 is 18.9 Å². The van der Waals surface area contributed by atoms with E-state index in [0.717, 1.165) is 11.1 Å². The zero-order valence-corrected chi connectivity index (χ0v) is 26.6. The predicted octanol–water partition coefficient (Wildman–Crippen LogP) is 2.70. The molecule has 49 heavy (non-hydrogen) atoms. The molecule has 0 radical (unpaired) electrons. The zero-order valence-electron chi connectivity index (χ0n) is 26.6. The number of benzene rings is 4. The number of hydrogen-bond acceptors (Lipinski definition) is 10. The largest absolute Gasteiger partial charge is 1.00 e. The van der Waals surface area contributed by atoms with E-state index in [2.05, 4.69) is 22.1 Å². The third kappa shape index (κ3) is 9.10. The van der Waals surface area contributed by atoms with Crippen molar-refractivity contribution in [3.05, 3.63) is 129 Å². The molecule has 2 aliphatic heterocycles. The van der Waals surface area contributed by atoms with Gasteiger partial charge >= 0.3 is 30.8 Å². The molecule has 0 aliphatic carbocycles. The Labute approximate surface area is 293 Å². The van der Waals surface area contributed by atoms with Gasteiger partial charge in [-0.05, 0) is 82.9 Å². The van der Waals surface area contributed by atoms with E-state index in [0.29, 0.717) is 50.6 Å². The summed E-state index contributed by atoms with van der Waals surface area (Å²) in [4.78, 5) is 56.3. The maximum absolute atomic E-state index is 12.3. The number of ether oxygens (including phenoxy) is 1. The van der Waals surface area contributed by atoms with E-state index >= 15 is 0 Å². The number of methoxy groups -OCH3 is 1. The molecule has 12 heteroatoms. The molecule has 6 rings (SSSR count). The average Bonchev–Trinajstić information content (AvgIpc) is 3.37. The monoisotopic (exact) mass is 646 g/mol. The Morgan fingerprint density at radius 3 is 1.57 bits per heavy atom. The fourth-order valence-corrected chi connectivity index (χ4v) is 5.21. The standard InChI is InChI=1S/C19H14N2O3.C18H12N2O3.Li.H2O/c1-24-19(23)14-5-6-17-15(8-14)9-16(22)10-18(21-17)13-4-2-3-12(7-13)11-20;19-10-11-2-1-3-12(6-11)17-9-15(21)8-14-7-13(18(22)23)4-5-16(14)20-17;;/h2-8H,9-10H2,1H3;1-7H,8-9H2,(H,22,23);;1H2/q;;+1;/p-1. The van der Waals surface area contributed by atoms with Crippen molar-refractivity contribution < 1.29 is 53.4 Å². The number of Topliss-reactive ketones (excluding diaryl/α,β-unsaturated/α-hetero) is 2. The molecule has 0 saturated carbocycles. The van der Waals surface area contributed by atoms with Crippen molar-refractivity contribution in [3.63, 3.8) is 0 Å². The van der Waals surface area contributed by atoms with Crippen LogP contribution in [0.15, 0.2) is 94.9 Å². The summed E-state index contributed by atoms with van der Waals surface area (Å²) in [6.07, 6.45) is 0.718. The number of fused-ring (bicyclic) bond motifs is 2. The summed E-state index contributed by atoms with van der Waals surface area (Å²) < 4.78 is 4.71. The van der Waals surface area contributed by atoms with Crippen LogP contribution in [0.25, 0.3) is 0 Å². The topological polar surface area (TPSA) is 200 Å². The third-order valence-electron chi connectivity index (χ3n) is 7.49.